The Morgan fingerprint density at radius 2 is 2.43 bits per heavy atom. The van der Waals surface area contributed by atoms with E-state index in [4.69, 9.17) is 4.74 Å². The van der Waals surface area contributed by atoms with Gasteiger partial charge in [-0.15, -0.1) is 0 Å². The van der Waals surface area contributed by atoms with E-state index in [1.807, 2.05) is 6.92 Å². The van der Waals surface area contributed by atoms with Crippen LogP contribution in [0, 0.1) is 5.92 Å². The second-order valence-corrected chi connectivity index (χ2v) is 3.65. The van der Waals surface area contributed by atoms with Crippen molar-refractivity contribution in [1.29, 1.82) is 0 Å². The van der Waals surface area contributed by atoms with E-state index in [0.717, 1.165) is 19.3 Å². The van der Waals surface area contributed by atoms with Gasteiger partial charge in [-0.25, -0.2) is 4.79 Å². The van der Waals surface area contributed by atoms with Gasteiger partial charge >= 0.3 is 5.97 Å². The number of esters is 1. The minimum Gasteiger partial charge on any atom is -0.467 e. The summed E-state index contributed by atoms with van der Waals surface area (Å²) in [6.07, 6.45) is 1.58. The van der Waals surface area contributed by atoms with Gasteiger partial charge in [-0.2, -0.15) is 0 Å². The van der Waals surface area contributed by atoms with Gasteiger partial charge < -0.3 is 14.6 Å². The third kappa shape index (κ3) is 2.69. The van der Waals surface area contributed by atoms with Crippen LogP contribution < -0.4 is 0 Å². The molecule has 0 bridgehead atoms. The maximum Gasteiger partial charge on any atom is 0.334 e. The van der Waals surface area contributed by atoms with E-state index in [1.165, 1.54) is 7.11 Å². The van der Waals surface area contributed by atoms with Gasteiger partial charge in [0.1, 0.15) is 0 Å². The number of carbonyl (C=O) groups excluding carboxylic acids is 1. The molecule has 14 heavy (non-hydrogen) atoms. The van der Waals surface area contributed by atoms with Crippen LogP contribution in [0.3, 0.4) is 0 Å². The van der Waals surface area contributed by atoms with Crippen molar-refractivity contribution < 1.29 is 19.4 Å². The van der Waals surface area contributed by atoms with E-state index in [9.17, 15) is 9.90 Å². The zero-order valence-electron chi connectivity index (χ0n) is 8.73. The molecule has 4 nitrogen and oxygen atoms in total. The van der Waals surface area contributed by atoms with Gasteiger partial charge in [0.15, 0.2) is 6.10 Å². The van der Waals surface area contributed by atoms with Gasteiger partial charge in [-0.1, -0.05) is 6.92 Å². The Balaban J connectivity index is 2.46. The van der Waals surface area contributed by atoms with Gasteiger partial charge in [0.2, 0.25) is 0 Å². The fourth-order valence-electron chi connectivity index (χ4n) is 1.79. The molecule has 1 N–H and O–H groups in total. The number of aliphatic hydroxyl groups is 1. The van der Waals surface area contributed by atoms with Crippen molar-refractivity contribution >= 4 is 5.97 Å². The lowest BCUT2D eigenvalue weighted by molar-refractivity contribution is -0.156. The summed E-state index contributed by atoms with van der Waals surface area (Å²) in [5.74, 6) is -0.548. The highest BCUT2D eigenvalue weighted by Crippen LogP contribution is 2.25. The Hall–Kier alpha value is -0.610. The van der Waals surface area contributed by atoms with Crippen LogP contribution in [0.15, 0.2) is 0 Å². The van der Waals surface area contributed by atoms with Crippen LogP contribution in [0.4, 0.5) is 0 Å². The topological polar surface area (TPSA) is 55.8 Å². The summed E-state index contributed by atoms with van der Waals surface area (Å²) in [6, 6.07) is 0. The molecule has 3 unspecified atom stereocenters. The Morgan fingerprint density at radius 3 is 3.00 bits per heavy atom. The average molecular weight is 202 g/mol. The van der Waals surface area contributed by atoms with E-state index in [0.29, 0.717) is 6.61 Å². The van der Waals surface area contributed by atoms with Crippen molar-refractivity contribution in [3.63, 3.8) is 0 Å². The van der Waals surface area contributed by atoms with E-state index in [2.05, 4.69) is 4.74 Å². The molecule has 0 aliphatic carbocycles. The minimum absolute atomic E-state index is 0.0128. The highest BCUT2D eigenvalue weighted by molar-refractivity contribution is 5.74. The normalized spacial score (nSPS) is 29.6. The summed E-state index contributed by atoms with van der Waals surface area (Å²) in [6.45, 7) is 2.66. The van der Waals surface area contributed by atoms with Crippen LogP contribution in [0.5, 0.6) is 0 Å². The second kappa shape index (κ2) is 5.32. The number of rotatable bonds is 3. The van der Waals surface area contributed by atoms with Crippen LogP contribution >= 0.6 is 0 Å². The molecule has 0 aromatic carbocycles. The largest absolute Gasteiger partial charge is 0.467 e. The summed E-state index contributed by atoms with van der Waals surface area (Å²) < 4.78 is 9.96. The molecule has 0 saturated carbocycles. The Labute approximate surface area is 84.2 Å². The molecule has 1 rings (SSSR count). The third-order valence-corrected chi connectivity index (χ3v) is 2.75. The van der Waals surface area contributed by atoms with Gasteiger partial charge in [-0.3, -0.25) is 0 Å². The average Bonchev–Trinajstić information content (AvgIpc) is 2.27. The monoisotopic (exact) mass is 202 g/mol. The van der Waals surface area contributed by atoms with E-state index in [-0.39, 0.29) is 12.0 Å². The van der Waals surface area contributed by atoms with Crippen molar-refractivity contribution in [2.75, 3.05) is 13.7 Å². The first-order chi connectivity index (χ1) is 6.69. The molecule has 0 amide bonds. The second-order valence-electron chi connectivity index (χ2n) is 3.65. The molecule has 0 aromatic heterocycles. The van der Waals surface area contributed by atoms with E-state index in [1.54, 1.807) is 0 Å². The molecule has 0 spiro atoms. The first-order valence-corrected chi connectivity index (χ1v) is 5.06. The van der Waals surface area contributed by atoms with E-state index >= 15 is 0 Å². The maximum atomic E-state index is 11.1. The number of methoxy groups -OCH3 is 1. The minimum atomic E-state index is -0.988. The maximum absolute atomic E-state index is 11.1. The van der Waals surface area contributed by atoms with Crippen molar-refractivity contribution in [3.05, 3.63) is 0 Å². The predicted octanol–water partition coefficient (Wildman–Crippen LogP) is 0.726. The quantitative estimate of drug-likeness (QED) is 0.685. The molecule has 1 saturated heterocycles. The molecule has 1 fully saturated rings. The van der Waals surface area contributed by atoms with Crippen molar-refractivity contribution in [2.45, 2.75) is 38.4 Å². The summed E-state index contributed by atoms with van der Waals surface area (Å²) in [7, 11) is 1.29. The van der Waals surface area contributed by atoms with Crippen LogP contribution in [0.1, 0.15) is 26.2 Å². The first kappa shape index (κ1) is 11.5. The first-order valence-electron chi connectivity index (χ1n) is 5.06. The molecule has 82 valence electrons. The van der Waals surface area contributed by atoms with Gasteiger partial charge in [0, 0.05) is 12.5 Å². The number of ether oxygens (including phenoxy) is 2. The zero-order chi connectivity index (χ0) is 10.6. The van der Waals surface area contributed by atoms with Crippen LogP contribution in [-0.2, 0) is 14.3 Å². The lowest BCUT2D eigenvalue weighted by Crippen LogP contribution is -2.37. The predicted molar refractivity (Wildman–Crippen MR) is 50.8 cm³/mol. The molecule has 3 atom stereocenters. The standard InChI is InChI=1S/C10H18O4/c1-3-8-6-7(4-5-14-8)9(11)10(12)13-2/h7-9,11H,3-6H2,1-2H3. The number of aliphatic hydroxyl groups excluding tert-OH is 1. The smallest absolute Gasteiger partial charge is 0.334 e. The lowest BCUT2D eigenvalue weighted by Gasteiger charge is -2.30. The van der Waals surface area contributed by atoms with Crippen molar-refractivity contribution in [2.24, 2.45) is 5.92 Å². The molecule has 1 aliphatic heterocycles. The van der Waals surface area contributed by atoms with Gasteiger partial charge in [0.05, 0.1) is 13.2 Å². The molecular weight excluding hydrogens is 184 g/mol. The lowest BCUT2D eigenvalue weighted by atomic mass is 9.89. The Bertz CT molecular complexity index is 193. The molecule has 0 aromatic rings. The summed E-state index contributed by atoms with van der Waals surface area (Å²) in [5.41, 5.74) is 0. The van der Waals surface area contributed by atoms with Gasteiger partial charge in [0.25, 0.3) is 0 Å². The summed E-state index contributed by atoms with van der Waals surface area (Å²) in [4.78, 5) is 11.1. The number of carbonyl (C=O) groups is 1. The van der Waals surface area contributed by atoms with Crippen molar-refractivity contribution in [1.82, 2.24) is 0 Å². The van der Waals surface area contributed by atoms with Crippen molar-refractivity contribution in [3.8, 4) is 0 Å². The molecule has 1 heterocycles. The van der Waals surface area contributed by atoms with Crippen LogP contribution in [0.25, 0.3) is 0 Å². The summed E-state index contributed by atoms with van der Waals surface area (Å²) >= 11 is 0. The zero-order valence-corrected chi connectivity index (χ0v) is 8.73. The fourth-order valence-corrected chi connectivity index (χ4v) is 1.79. The van der Waals surface area contributed by atoms with Crippen LogP contribution in [0.2, 0.25) is 0 Å². The highest BCUT2D eigenvalue weighted by atomic mass is 16.5. The fraction of sp³-hybridized carbons (Fsp3) is 0.900. The highest BCUT2D eigenvalue weighted by Gasteiger charge is 2.31. The molecule has 0 radical (unpaired) electrons. The Morgan fingerprint density at radius 1 is 1.71 bits per heavy atom. The SMILES string of the molecule is CCC1CC(C(O)C(=O)OC)CCO1. The molecule has 4 heteroatoms. The molecular formula is C10H18O4. The third-order valence-electron chi connectivity index (χ3n) is 2.75. The number of hydrogen-bond acceptors (Lipinski definition) is 4. The number of hydrogen-bond donors (Lipinski definition) is 1. The Kier molecular flexibility index (Phi) is 4.35. The summed E-state index contributed by atoms with van der Waals surface area (Å²) in [5, 5.41) is 9.63. The molecule has 1 aliphatic rings. The van der Waals surface area contributed by atoms with Gasteiger partial charge in [-0.05, 0) is 19.3 Å². The van der Waals surface area contributed by atoms with E-state index < -0.39 is 12.1 Å². The van der Waals surface area contributed by atoms with Crippen LogP contribution in [-0.4, -0.2) is 37.0 Å².